The Morgan fingerprint density at radius 3 is 2.47 bits per heavy atom. The van der Waals surface area contributed by atoms with Crippen LogP contribution in [0.2, 0.25) is 0 Å². The highest BCUT2D eigenvalue weighted by atomic mass is 16.5. The number of carbonyl (C=O) groups is 1. The Kier molecular flexibility index (Phi) is 11.1. The largest absolute Gasteiger partial charge is 0.464 e. The first-order valence-corrected chi connectivity index (χ1v) is 6.58. The molecule has 0 saturated heterocycles. The maximum absolute atomic E-state index is 11.3. The summed E-state index contributed by atoms with van der Waals surface area (Å²) < 4.78 is 5.10. The molecule has 100 valence electrons. The fraction of sp³-hybridized carbons (Fsp3) is 0.786. The van der Waals surface area contributed by atoms with E-state index in [9.17, 15) is 4.79 Å². The van der Waals surface area contributed by atoms with E-state index in [1.165, 1.54) is 19.3 Å². The average Bonchev–Trinajstić information content (AvgIpc) is 2.27. The number of hydrogen-bond acceptors (Lipinski definition) is 3. The summed E-state index contributed by atoms with van der Waals surface area (Å²) in [5, 5.41) is 0. The third kappa shape index (κ3) is 13.1. The van der Waals surface area contributed by atoms with E-state index in [4.69, 9.17) is 4.74 Å². The molecule has 0 aliphatic heterocycles. The lowest BCUT2D eigenvalue weighted by molar-refractivity contribution is -0.144. The second-order valence-electron chi connectivity index (χ2n) is 4.62. The Bertz CT molecular complexity index is 202. The summed E-state index contributed by atoms with van der Waals surface area (Å²) in [6, 6.07) is 0. The summed E-state index contributed by atoms with van der Waals surface area (Å²) in [5.74, 6) is -0.0575. The first-order chi connectivity index (χ1) is 8.16. The molecule has 0 bridgehead atoms. The number of rotatable bonds is 11. The van der Waals surface area contributed by atoms with E-state index in [2.05, 4.69) is 6.58 Å². The smallest absolute Gasteiger partial charge is 0.305 e. The molecule has 0 unspecified atom stereocenters. The van der Waals surface area contributed by atoms with Crippen molar-refractivity contribution in [3.63, 3.8) is 0 Å². The number of ether oxygens (including phenoxy) is 1. The highest BCUT2D eigenvalue weighted by Gasteiger charge is 2.02. The first-order valence-electron chi connectivity index (χ1n) is 6.58. The molecule has 0 radical (unpaired) electrons. The van der Waals surface area contributed by atoms with Crippen molar-refractivity contribution in [2.45, 2.75) is 44.9 Å². The summed E-state index contributed by atoms with van der Waals surface area (Å²) in [6.45, 7) is 5.00. The topological polar surface area (TPSA) is 29.5 Å². The first kappa shape index (κ1) is 16.2. The van der Waals surface area contributed by atoms with E-state index in [1.807, 2.05) is 25.1 Å². The van der Waals surface area contributed by atoms with Crippen molar-refractivity contribution in [3.8, 4) is 0 Å². The molecule has 0 fully saturated rings. The molecule has 0 saturated carbocycles. The summed E-state index contributed by atoms with van der Waals surface area (Å²) in [7, 11) is 3.94. The highest BCUT2D eigenvalue weighted by molar-refractivity contribution is 5.69. The van der Waals surface area contributed by atoms with Gasteiger partial charge in [-0.2, -0.15) is 0 Å². The van der Waals surface area contributed by atoms with Gasteiger partial charge in [0.1, 0.15) is 6.61 Å². The van der Waals surface area contributed by atoms with Crippen LogP contribution in [0.1, 0.15) is 44.9 Å². The lowest BCUT2D eigenvalue weighted by Gasteiger charge is -2.09. The summed E-state index contributed by atoms with van der Waals surface area (Å²) >= 11 is 0. The van der Waals surface area contributed by atoms with Gasteiger partial charge in [0.15, 0.2) is 0 Å². The molecule has 0 amide bonds. The Morgan fingerprint density at radius 1 is 1.18 bits per heavy atom. The Balaban J connectivity index is 3.19. The van der Waals surface area contributed by atoms with Crippen LogP contribution in [0.5, 0.6) is 0 Å². The molecule has 3 nitrogen and oxygen atoms in total. The SMILES string of the molecule is C=CCCCCCCCC(=O)OCCN(C)C. The van der Waals surface area contributed by atoms with Crippen molar-refractivity contribution >= 4 is 5.97 Å². The van der Waals surface area contributed by atoms with Gasteiger partial charge in [-0.25, -0.2) is 0 Å². The van der Waals surface area contributed by atoms with E-state index in [1.54, 1.807) is 0 Å². The molecule has 0 aliphatic carbocycles. The second-order valence-corrected chi connectivity index (χ2v) is 4.62. The fourth-order valence-electron chi connectivity index (χ4n) is 1.50. The standard InChI is InChI=1S/C14H27NO2/c1-4-5-6-7-8-9-10-11-14(16)17-13-12-15(2)3/h4H,1,5-13H2,2-3H3. The highest BCUT2D eigenvalue weighted by Crippen LogP contribution is 2.07. The van der Waals surface area contributed by atoms with Gasteiger partial charge in [0, 0.05) is 13.0 Å². The van der Waals surface area contributed by atoms with Crippen LogP contribution >= 0.6 is 0 Å². The maximum atomic E-state index is 11.3. The molecule has 0 aromatic rings. The molecule has 0 rings (SSSR count). The van der Waals surface area contributed by atoms with Gasteiger partial charge >= 0.3 is 5.97 Å². The number of nitrogens with zero attached hydrogens (tertiary/aromatic N) is 1. The number of likely N-dealkylation sites (N-methyl/N-ethyl adjacent to an activating group) is 1. The summed E-state index contributed by atoms with van der Waals surface area (Å²) in [6.07, 6.45) is 9.37. The zero-order chi connectivity index (χ0) is 12.9. The molecule has 17 heavy (non-hydrogen) atoms. The summed E-state index contributed by atoms with van der Waals surface area (Å²) in [5.41, 5.74) is 0. The predicted octanol–water partition coefficient (Wildman–Crippen LogP) is 3.01. The van der Waals surface area contributed by atoms with Crippen molar-refractivity contribution < 1.29 is 9.53 Å². The van der Waals surface area contributed by atoms with Crippen molar-refractivity contribution in [1.29, 1.82) is 0 Å². The van der Waals surface area contributed by atoms with Gasteiger partial charge in [0.25, 0.3) is 0 Å². The number of allylic oxidation sites excluding steroid dienone is 1. The Morgan fingerprint density at radius 2 is 1.82 bits per heavy atom. The third-order valence-electron chi connectivity index (χ3n) is 2.59. The minimum absolute atomic E-state index is 0.0575. The van der Waals surface area contributed by atoms with Crippen LogP contribution in [0.25, 0.3) is 0 Å². The molecular formula is C14H27NO2. The van der Waals surface area contributed by atoms with Crippen LogP contribution < -0.4 is 0 Å². The van der Waals surface area contributed by atoms with Gasteiger partial charge in [0.05, 0.1) is 0 Å². The molecule has 0 atom stereocenters. The van der Waals surface area contributed by atoms with Crippen LogP contribution in [0.3, 0.4) is 0 Å². The van der Waals surface area contributed by atoms with Crippen LogP contribution in [0.4, 0.5) is 0 Å². The molecule has 0 aromatic carbocycles. The molecule has 0 aromatic heterocycles. The lowest BCUT2D eigenvalue weighted by atomic mass is 10.1. The minimum Gasteiger partial charge on any atom is -0.464 e. The average molecular weight is 241 g/mol. The zero-order valence-corrected chi connectivity index (χ0v) is 11.4. The van der Waals surface area contributed by atoms with Gasteiger partial charge in [-0.3, -0.25) is 4.79 Å². The Hall–Kier alpha value is -0.830. The van der Waals surface area contributed by atoms with Crippen LogP contribution in [0.15, 0.2) is 12.7 Å². The second kappa shape index (κ2) is 11.6. The van der Waals surface area contributed by atoms with E-state index in [0.717, 1.165) is 25.8 Å². The van der Waals surface area contributed by atoms with E-state index < -0.39 is 0 Å². The number of hydrogen-bond donors (Lipinski definition) is 0. The third-order valence-corrected chi connectivity index (χ3v) is 2.59. The quantitative estimate of drug-likeness (QED) is 0.316. The van der Waals surface area contributed by atoms with Crippen molar-refractivity contribution in [1.82, 2.24) is 4.90 Å². The monoisotopic (exact) mass is 241 g/mol. The summed E-state index contributed by atoms with van der Waals surface area (Å²) in [4.78, 5) is 13.3. The normalized spacial score (nSPS) is 10.5. The van der Waals surface area contributed by atoms with Gasteiger partial charge in [-0.05, 0) is 33.4 Å². The van der Waals surface area contributed by atoms with Crippen LogP contribution in [-0.2, 0) is 9.53 Å². The maximum Gasteiger partial charge on any atom is 0.305 e. The van der Waals surface area contributed by atoms with Gasteiger partial charge in [0.2, 0.25) is 0 Å². The van der Waals surface area contributed by atoms with E-state index in [0.29, 0.717) is 13.0 Å². The zero-order valence-electron chi connectivity index (χ0n) is 11.4. The van der Waals surface area contributed by atoms with Crippen molar-refractivity contribution in [2.24, 2.45) is 0 Å². The van der Waals surface area contributed by atoms with E-state index in [-0.39, 0.29) is 5.97 Å². The van der Waals surface area contributed by atoms with Crippen LogP contribution in [-0.4, -0.2) is 38.1 Å². The molecule has 0 aliphatic rings. The number of unbranched alkanes of at least 4 members (excludes halogenated alkanes) is 5. The van der Waals surface area contributed by atoms with Crippen LogP contribution in [0, 0.1) is 0 Å². The lowest BCUT2D eigenvalue weighted by Crippen LogP contribution is -2.20. The minimum atomic E-state index is -0.0575. The van der Waals surface area contributed by atoms with E-state index >= 15 is 0 Å². The van der Waals surface area contributed by atoms with Gasteiger partial charge in [-0.15, -0.1) is 6.58 Å². The Labute approximate surface area is 106 Å². The molecule has 3 heteroatoms. The molecule has 0 N–H and O–H groups in total. The molecule has 0 spiro atoms. The number of carbonyl (C=O) groups excluding carboxylic acids is 1. The van der Waals surface area contributed by atoms with Crippen molar-refractivity contribution in [3.05, 3.63) is 12.7 Å². The molecule has 0 heterocycles. The van der Waals surface area contributed by atoms with Crippen molar-refractivity contribution in [2.75, 3.05) is 27.2 Å². The number of esters is 1. The van der Waals surface area contributed by atoms with Gasteiger partial charge < -0.3 is 9.64 Å². The fourth-order valence-corrected chi connectivity index (χ4v) is 1.50. The predicted molar refractivity (Wildman–Crippen MR) is 72.0 cm³/mol. The molecular weight excluding hydrogens is 214 g/mol. The van der Waals surface area contributed by atoms with Gasteiger partial charge in [-0.1, -0.05) is 25.3 Å².